The van der Waals surface area contributed by atoms with Crippen LogP contribution in [0.3, 0.4) is 0 Å². The molecule has 8 nitrogen and oxygen atoms in total. The molecule has 0 aromatic heterocycles. The van der Waals surface area contributed by atoms with Crippen LogP contribution in [0, 0.1) is 10.1 Å². The van der Waals surface area contributed by atoms with Crippen LogP contribution in [0.15, 0.2) is 35.5 Å². The summed E-state index contributed by atoms with van der Waals surface area (Å²) in [4.78, 5) is 33.1. The first-order valence-electron chi connectivity index (χ1n) is 5.72. The number of carbonyl (C=O) groups is 2. The van der Waals surface area contributed by atoms with E-state index in [0.29, 0.717) is 11.3 Å². The molecule has 1 unspecified atom stereocenters. The van der Waals surface area contributed by atoms with Crippen molar-refractivity contribution in [3.05, 3.63) is 51.2 Å². The molecule has 1 aromatic carbocycles. The summed E-state index contributed by atoms with van der Waals surface area (Å²) in [6, 6.07) is 4.38. The Kier molecular flexibility index (Phi) is 3.38. The first-order chi connectivity index (χ1) is 9.40. The van der Waals surface area contributed by atoms with Crippen molar-refractivity contribution in [1.82, 2.24) is 10.6 Å². The Balaban J connectivity index is 2.43. The number of rotatable bonds is 3. The normalized spacial score (nSPS) is 18.2. The fourth-order valence-corrected chi connectivity index (χ4v) is 2.06. The summed E-state index contributed by atoms with van der Waals surface area (Å²) in [5, 5.41) is 15.6. The van der Waals surface area contributed by atoms with E-state index >= 15 is 0 Å². The molecule has 0 aliphatic carbocycles. The molecular weight excluding hydrogens is 264 g/mol. The van der Waals surface area contributed by atoms with Gasteiger partial charge in [-0.1, -0.05) is 0 Å². The Hall–Kier alpha value is -2.90. The molecule has 0 spiro atoms. The second kappa shape index (κ2) is 5.00. The minimum Gasteiger partial charge on any atom is -0.366 e. The van der Waals surface area contributed by atoms with E-state index in [4.69, 9.17) is 5.73 Å². The van der Waals surface area contributed by atoms with E-state index in [1.165, 1.54) is 24.3 Å². The zero-order valence-electron chi connectivity index (χ0n) is 10.5. The predicted molar refractivity (Wildman–Crippen MR) is 69.4 cm³/mol. The van der Waals surface area contributed by atoms with Crippen molar-refractivity contribution < 1.29 is 14.5 Å². The molecule has 8 heteroatoms. The molecule has 104 valence electrons. The molecule has 20 heavy (non-hydrogen) atoms. The van der Waals surface area contributed by atoms with Gasteiger partial charge in [-0.25, -0.2) is 4.79 Å². The van der Waals surface area contributed by atoms with Gasteiger partial charge in [0.05, 0.1) is 16.5 Å². The Morgan fingerprint density at radius 1 is 1.35 bits per heavy atom. The van der Waals surface area contributed by atoms with Gasteiger partial charge >= 0.3 is 6.03 Å². The number of nitrogens with one attached hydrogen (secondary N) is 2. The summed E-state index contributed by atoms with van der Waals surface area (Å²) in [5.74, 6) is -0.668. The van der Waals surface area contributed by atoms with Gasteiger partial charge in [-0.3, -0.25) is 14.9 Å². The van der Waals surface area contributed by atoms with Gasteiger partial charge in [-0.05, 0) is 24.6 Å². The number of hydrogen-bond acceptors (Lipinski definition) is 4. The topological polar surface area (TPSA) is 127 Å². The summed E-state index contributed by atoms with van der Waals surface area (Å²) in [7, 11) is 0. The number of amides is 3. The van der Waals surface area contributed by atoms with Gasteiger partial charge < -0.3 is 16.4 Å². The van der Waals surface area contributed by atoms with Gasteiger partial charge in [0, 0.05) is 17.8 Å². The fraction of sp³-hybridized carbons (Fsp3) is 0.167. The maximum atomic E-state index is 11.5. The van der Waals surface area contributed by atoms with Crippen LogP contribution >= 0.6 is 0 Å². The Labute approximate surface area is 113 Å². The lowest BCUT2D eigenvalue weighted by Crippen LogP contribution is -2.46. The minimum atomic E-state index is -0.720. The lowest BCUT2D eigenvalue weighted by molar-refractivity contribution is -0.384. The quantitative estimate of drug-likeness (QED) is 0.554. The number of allylic oxidation sites excluding steroid dienone is 1. The van der Waals surface area contributed by atoms with Gasteiger partial charge in [-0.15, -0.1) is 0 Å². The van der Waals surface area contributed by atoms with E-state index in [1.807, 2.05) is 0 Å². The van der Waals surface area contributed by atoms with Gasteiger partial charge in [-0.2, -0.15) is 0 Å². The molecule has 3 amide bonds. The maximum Gasteiger partial charge on any atom is 0.319 e. The van der Waals surface area contributed by atoms with Crippen molar-refractivity contribution in [3.63, 3.8) is 0 Å². The number of benzene rings is 1. The van der Waals surface area contributed by atoms with E-state index < -0.39 is 22.9 Å². The van der Waals surface area contributed by atoms with Crippen LogP contribution in [0.5, 0.6) is 0 Å². The average molecular weight is 276 g/mol. The molecule has 1 aliphatic rings. The molecule has 0 fully saturated rings. The van der Waals surface area contributed by atoms with E-state index in [0.717, 1.165) is 0 Å². The number of carbonyl (C=O) groups excluding carboxylic acids is 2. The van der Waals surface area contributed by atoms with Crippen molar-refractivity contribution in [3.8, 4) is 0 Å². The van der Waals surface area contributed by atoms with E-state index in [1.54, 1.807) is 6.92 Å². The van der Waals surface area contributed by atoms with Crippen LogP contribution in [0.1, 0.15) is 18.5 Å². The predicted octanol–water partition coefficient (Wildman–Crippen LogP) is 0.708. The standard InChI is InChI=1S/C12H12N4O4/c1-6-9(11(13)17)10(15-12(18)14-6)7-2-4-8(5-3-7)16(19)20/h2-5,10H,1H3,(H2,13,17)(H2,14,15,18). The molecule has 1 atom stereocenters. The number of nitrogens with two attached hydrogens (primary N) is 1. The SMILES string of the molecule is CC1=C(C(N)=O)C(c2ccc([N+](=O)[O-])cc2)NC(=O)N1. The molecule has 1 aromatic rings. The van der Waals surface area contributed by atoms with Crippen LogP contribution in [-0.4, -0.2) is 16.9 Å². The number of non-ortho nitro benzene ring substituents is 1. The molecule has 4 N–H and O–H groups in total. The number of nitro benzene ring substituents is 1. The molecule has 0 saturated heterocycles. The average Bonchev–Trinajstić information content (AvgIpc) is 2.37. The largest absolute Gasteiger partial charge is 0.366 e. The third-order valence-corrected chi connectivity index (χ3v) is 2.97. The summed E-state index contributed by atoms with van der Waals surface area (Å²) in [6.07, 6.45) is 0. The first-order valence-corrected chi connectivity index (χ1v) is 5.72. The van der Waals surface area contributed by atoms with Crippen LogP contribution in [0.25, 0.3) is 0 Å². The van der Waals surface area contributed by atoms with Crippen molar-refractivity contribution in [2.75, 3.05) is 0 Å². The van der Waals surface area contributed by atoms with Gasteiger partial charge in [0.1, 0.15) is 0 Å². The number of nitrogens with zero attached hydrogens (tertiary/aromatic N) is 1. The Morgan fingerprint density at radius 2 is 1.95 bits per heavy atom. The van der Waals surface area contributed by atoms with E-state index in [9.17, 15) is 19.7 Å². The third-order valence-electron chi connectivity index (χ3n) is 2.97. The Bertz CT molecular complexity index is 621. The number of hydrogen-bond donors (Lipinski definition) is 3. The Morgan fingerprint density at radius 3 is 2.45 bits per heavy atom. The second-order valence-corrected chi connectivity index (χ2v) is 4.28. The highest BCUT2D eigenvalue weighted by Gasteiger charge is 2.29. The monoisotopic (exact) mass is 276 g/mol. The summed E-state index contributed by atoms with van der Waals surface area (Å²) in [6.45, 7) is 1.57. The first kappa shape index (κ1) is 13.5. The van der Waals surface area contributed by atoms with Gasteiger partial charge in [0.15, 0.2) is 0 Å². The van der Waals surface area contributed by atoms with Crippen LogP contribution in [-0.2, 0) is 4.79 Å². The molecule has 1 heterocycles. The second-order valence-electron chi connectivity index (χ2n) is 4.28. The molecule has 2 rings (SSSR count). The summed E-state index contributed by atoms with van der Waals surface area (Å²) >= 11 is 0. The molecule has 1 aliphatic heterocycles. The summed E-state index contributed by atoms with van der Waals surface area (Å²) < 4.78 is 0. The number of urea groups is 1. The smallest absolute Gasteiger partial charge is 0.319 e. The van der Waals surface area contributed by atoms with Crippen molar-refractivity contribution in [1.29, 1.82) is 0 Å². The van der Waals surface area contributed by atoms with Gasteiger partial charge in [0.2, 0.25) is 5.91 Å². The van der Waals surface area contributed by atoms with E-state index in [2.05, 4.69) is 10.6 Å². The molecule has 0 radical (unpaired) electrons. The third kappa shape index (κ3) is 2.44. The lowest BCUT2D eigenvalue weighted by Gasteiger charge is -2.27. The fourth-order valence-electron chi connectivity index (χ4n) is 2.06. The molecule has 0 saturated carbocycles. The highest BCUT2D eigenvalue weighted by atomic mass is 16.6. The number of nitro groups is 1. The summed E-state index contributed by atoms with van der Waals surface area (Å²) in [5.41, 5.74) is 6.37. The highest BCUT2D eigenvalue weighted by molar-refractivity contribution is 5.97. The van der Waals surface area contributed by atoms with Gasteiger partial charge in [0.25, 0.3) is 5.69 Å². The maximum absolute atomic E-state index is 11.5. The van der Waals surface area contributed by atoms with Crippen molar-refractivity contribution >= 4 is 17.6 Å². The number of primary amides is 1. The molecular formula is C12H12N4O4. The van der Waals surface area contributed by atoms with Crippen LogP contribution in [0.4, 0.5) is 10.5 Å². The van der Waals surface area contributed by atoms with Crippen molar-refractivity contribution in [2.45, 2.75) is 13.0 Å². The molecule has 0 bridgehead atoms. The zero-order chi connectivity index (χ0) is 14.9. The van der Waals surface area contributed by atoms with Crippen LogP contribution < -0.4 is 16.4 Å². The van der Waals surface area contributed by atoms with Crippen LogP contribution in [0.2, 0.25) is 0 Å². The highest BCUT2D eigenvalue weighted by Crippen LogP contribution is 2.27. The van der Waals surface area contributed by atoms with Crippen molar-refractivity contribution in [2.24, 2.45) is 5.73 Å². The minimum absolute atomic E-state index is 0.0738. The van der Waals surface area contributed by atoms with E-state index in [-0.39, 0.29) is 11.3 Å². The zero-order valence-corrected chi connectivity index (χ0v) is 10.5. The lowest BCUT2D eigenvalue weighted by atomic mass is 9.95.